The van der Waals surface area contributed by atoms with Gasteiger partial charge in [0.1, 0.15) is 6.04 Å². The van der Waals surface area contributed by atoms with Gasteiger partial charge in [-0.05, 0) is 11.6 Å². The Morgan fingerprint density at radius 2 is 1.88 bits per heavy atom. The number of aromatic amines is 1. The SMILES string of the molecule is CN(C)C(=O)C(Cc1ccccc1)NC(=O)c1cccc2cn[nH]c12. The van der Waals surface area contributed by atoms with E-state index < -0.39 is 6.04 Å². The number of nitrogens with zero attached hydrogens (tertiary/aromatic N) is 2. The molecule has 2 amide bonds. The Morgan fingerprint density at radius 1 is 1.12 bits per heavy atom. The Labute approximate surface area is 145 Å². The average Bonchev–Trinajstić information content (AvgIpc) is 3.09. The van der Waals surface area contributed by atoms with Crippen LogP contribution in [0.3, 0.4) is 0 Å². The summed E-state index contributed by atoms with van der Waals surface area (Å²) in [4.78, 5) is 26.8. The Kier molecular flexibility index (Phi) is 4.79. The monoisotopic (exact) mass is 336 g/mol. The summed E-state index contributed by atoms with van der Waals surface area (Å²) < 4.78 is 0. The summed E-state index contributed by atoms with van der Waals surface area (Å²) in [7, 11) is 3.37. The second-order valence-electron chi connectivity index (χ2n) is 6.09. The van der Waals surface area contributed by atoms with Crippen molar-refractivity contribution in [1.82, 2.24) is 20.4 Å². The van der Waals surface area contributed by atoms with E-state index in [1.165, 1.54) is 4.90 Å². The molecule has 25 heavy (non-hydrogen) atoms. The molecule has 3 aromatic rings. The molecule has 0 bridgehead atoms. The third-order valence-electron chi connectivity index (χ3n) is 4.05. The molecule has 1 aromatic heterocycles. The van der Waals surface area contributed by atoms with Gasteiger partial charge in [-0.1, -0.05) is 42.5 Å². The van der Waals surface area contributed by atoms with Gasteiger partial charge in [0.25, 0.3) is 5.91 Å². The van der Waals surface area contributed by atoms with Crippen LogP contribution in [0.2, 0.25) is 0 Å². The maximum atomic E-state index is 12.8. The zero-order chi connectivity index (χ0) is 17.8. The predicted octanol–water partition coefficient (Wildman–Crippen LogP) is 1.99. The van der Waals surface area contributed by atoms with Gasteiger partial charge in [0.2, 0.25) is 5.91 Å². The van der Waals surface area contributed by atoms with Crippen molar-refractivity contribution in [3.8, 4) is 0 Å². The van der Waals surface area contributed by atoms with Gasteiger partial charge in [-0.2, -0.15) is 5.10 Å². The van der Waals surface area contributed by atoms with Gasteiger partial charge >= 0.3 is 0 Å². The van der Waals surface area contributed by atoms with E-state index >= 15 is 0 Å². The Hall–Kier alpha value is -3.15. The van der Waals surface area contributed by atoms with Gasteiger partial charge in [0.05, 0.1) is 17.3 Å². The van der Waals surface area contributed by atoms with Crippen LogP contribution in [0.15, 0.2) is 54.7 Å². The van der Waals surface area contributed by atoms with Crippen molar-refractivity contribution in [1.29, 1.82) is 0 Å². The van der Waals surface area contributed by atoms with Crippen LogP contribution in [-0.2, 0) is 11.2 Å². The first-order valence-electron chi connectivity index (χ1n) is 8.04. The van der Waals surface area contributed by atoms with Crippen LogP contribution in [0, 0.1) is 0 Å². The summed E-state index contributed by atoms with van der Waals surface area (Å²) in [5, 5.41) is 10.5. The highest BCUT2D eigenvalue weighted by Crippen LogP contribution is 2.16. The maximum Gasteiger partial charge on any atom is 0.254 e. The fourth-order valence-corrected chi connectivity index (χ4v) is 2.76. The molecule has 6 nitrogen and oxygen atoms in total. The highest BCUT2D eigenvalue weighted by Gasteiger charge is 2.24. The second kappa shape index (κ2) is 7.17. The minimum absolute atomic E-state index is 0.144. The van der Waals surface area contributed by atoms with E-state index in [0.717, 1.165) is 10.9 Å². The van der Waals surface area contributed by atoms with Crippen molar-refractivity contribution >= 4 is 22.7 Å². The van der Waals surface area contributed by atoms with Gasteiger partial charge in [-0.25, -0.2) is 0 Å². The van der Waals surface area contributed by atoms with Crippen LogP contribution in [0.1, 0.15) is 15.9 Å². The first-order chi connectivity index (χ1) is 12.1. The molecule has 0 fully saturated rings. The molecule has 3 rings (SSSR count). The molecule has 0 aliphatic carbocycles. The molecule has 0 aliphatic rings. The van der Waals surface area contributed by atoms with Crippen molar-refractivity contribution < 1.29 is 9.59 Å². The minimum Gasteiger partial charge on any atom is -0.347 e. The summed E-state index contributed by atoms with van der Waals surface area (Å²) >= 11 is 0. The smallest absolute Gasteiger partial charge is 0.254 e. The number of carbonyl (C=O) groups excluding carboxylic acids is 2. The number of likely N-dealkylation sites (N-methyl/N-ethyl adjacent to an activating group) is 1. The normalized spacial score (nSPS) is 11.9. The topological polar surface area (TPSA) is 78.1 Å². The van der Waals surface area contributed by atoms with Crippen LogP contribution in [0.5, 0.6) is 0 Å². The van der Waals surface area contributed by atoms with E-state index in [0.29, 0.717) is 17.5 Å². The molecular weight excluding hydrogens is 316 g/mol. The number of hydrogen-bond donors (Lipinski definition) is 2. The third kappa shape index (κ3) is 3.68. The van der Waals surface area contributed by atoms with Crippen molar-refractivity contribution in [2.45, 2.75) is 12.5 Å². The fraction of sp³-hybridized carbons (Fsp3) is 0.211. The first-order valence-corrected chi connectivity index (χ1v) is 8.04. The summed E-state index contributed by atoms with van der Waals surface area (Å²) in [6.45, 7) is 0. The van der Waals surface area contributed by atoms with Crippen molar-refractivity contribution in [2.24, 2.45) is 0 Å². The molecule has 0 saturated heterocycles. The molecule has 128 valence electrons. The number of fused-ring (bicyclic) bond motifs is 1. The van der Waals surface area contributed by atoms with Gasteiger partial charge in [0.15, 0.2) is 0 Å². The lowest BCUT2D eigenvalue weighted by atomic mass is 10.0. The Morgan fingerprint density at radius 3 is 2.60 bits per heavy atom. The minimum atomic E-state index is -0.636. The Bertz CT molecular complexity index is 887. The van der Waals surface area contributed by atoms with E-state index in [2.05, 4.69) is 15.5 Å². The predicted molar refractivity (Wildman–Crippen MR) is 96.2 cm³/mol. The van der Waals surface area contributed by atoms with Crippen LogP contribution in [-0.4, -0.2) is 47.0 Å². The van der Waals surface area contributed by atoms with Gasteiger partial charge in [-0.3, -0.25) is 14.7 Å². The number of H-pyrrole nitrogens is 1. The lowest BCUT2D eigenvalue weighted by Gasteiger charge is -2.22. The first kappa shape index (κ1) is 16.7. The van der Waals surface area contributed by atoms with Gasteiger partial charge < -0.3 is 10.2 Å². The molecule has 1 unspecified atom stereocenters. The standard InChI is InChI=1S/C19H20N4O2/c1-23(2)19(25)16(11-13-7-4-3-5-8-13)21-18(24)15-10-6-9-14-12-20-22-17(14)15/h3-10,12,16H,11H2,1-2H3,(H,20,22)(H,21,24). The number of para-hydroxylation sites is 1. The van der Waals surface area contributed by atoms with E-state index in [-0.39, 0.29) is 11.8 Å². The molecule has 0 radical (unpaired) electrons. The fourth-order valence-electron chi connectivity index (χ4n) is 2.76. The van der Waals surface area contributed by atoms with Gasteiger partial charge in [-0.15, -0.1) is 0 Å². The number of carbonyl (C=O) groups is 2. The summed E-state index contributed by atoms with van der Waals surface area (Å²) in [5.74, 6) is -0.444. The number of amides is 2. The van der Waals surface area contributed by atoms with E-state index in [1.807, 2.05) is 36.4 Å². The summed E-state index contributed by atoms with van der Waals surface area (Å²) in [5.41, 5.74) is 2.12. The molecule has 2 aromatic carbocycles. The molecule has 0 aliphatic heterocycles. The number of aromatic nitrogens is 2. The highest BCUT2D eigenvalue weighted by atomic mass is 16.2. The molecular formula is C19H20N4O2. The zero-order valence-corrected chi connectivity index (χ0v) is 14.2. The van der Waals surface area contributed by atoms with Crippen LogP contribution >= 0.6 is 0 Å². The van der Waals surface area contributed by atoms with E-state index in [4.69, 9.17) is 0 Å². The molecule has 1 heterocycles. The van der Waals surface area contributed by atoms with E-state index in [1.54, 1.807) is 32.4 Å². The summed E-state index contributed by atoms with van der Waals surface area (Å²) in [6.07, 6.45) is 2.10. The quantitative estimate of drug-likeness (QED) is 0.748. The lowest BCUT2D eigenvalue weighted by Crippen LogP contribution is -2.47. The number of nitrogens with one attached hydrogen (secondary N) is 2. The van der Waals surface area contributed by atoms with Crippen molar-refractivity contribution in [2.75, 3.05) is 14.1 Å². The third-order valence-corrected chi connectivity index (χ3v) is 4.05. The maximum absolute atomic E-state index is 12.8. The van der Waals surface area contributed by atoms with Crippen LogP contribution in [0.25, 0.3) is 10.9 Å². The second-order valence-corrected chi connectivity index (χ2v) is 6.09. The molecule has 2 N–H and O–H groups in total. The van der Waals surface area contributed by atoms with Crippen LogP contribution in [0.4, 0.5) is 0 Å². The van der Waals surface area contributed by atoms with E-state index in [9.17, 15) is 9.59 Å². The van der Waals surface area contributed by atoms with Crippen molar-refractivity contribution in [3.63, 3.8) is 0 Å². The van der Waals surface area contributed by atoms with Crippen LogP contribution < -0.4 is 5.32 Å². The molecule has 1 atom stereocenters. The van der Waals surface area contributed by atoms with Gasteiger partial charge in [0, 0.05) is 25.9 Å². The van der Waals surface area contributed by atoms with Crippen molar-refractivity contribution in [3.05, 3.63) is 65.9 Å². The molecule has 0 saturated carbocycles. The highest BCUT2D eigenvalue weighted by molar-refractivity contribution is 6.06. The molecule has 6 heteroatoms. The molecule has 0 spiro atoms. The largest absolute Gasteiger partial charge is 0.347 e. The average molecular weight is 336 g/mol. The number of hydrogen-bond acceptors (Lipinski definition) is 3. The lowest BCUT2D eigenvalue weighted by molar-refractivity contribution is -0.130. The zero-order valence-electron chi connectivity index (χ0n) is 14.2. The Balaban J connectivity index is 1.85. The number of rotatable bonds is 5. The number of benzene rings is 2. The summed E-state index contributed by atoms with van der Waals surface area (Å²) in [6, 6.07) is 14.4.